The normalized spacial score (nSPS) is 19.5. The van der Waals surface area contributed by atoms with Crippen LogP contribution < -0.4 is 5.73 Å². The van der Waals surface area contributed by atoms with Gasteiger partial charge in [0.15, 0.2) is 0 Å². The molecule has 1 aliphatic rings. The van der Waals surface area contributed by atoms with E-state index in [0.29, 0.717) is 6.04 Å². The second-order valence-electron chi connectivity index (χ2n) is 3.71. The Bertz CT molecular complexity index is 286. The van der Waals surface area contributed by atoms with Gasteiger partial charge in [0, 0.05) is 0 Å². The minimum atomic E-state index is 0.530. The molecule has 66 valence electrons. The third-order valence-corrected chi connectivity index (χ3v) is 2.77. The number of hydrogen-bond acceptors (Lipinski definition) is 2. The van der Waals surface area contributed by atoms with Gasteiger partial charge in [-0.25, -0.2) is 0 Å². The predicted molar refractivity (Wildman–Crippen MR) is 48.8 cm³/mol. The number of hydrogen-bond donors (Lipinski definition) is 1. The molecule has 0 aliphatic heterocycles. The van der Waals surface area contributed by atoms with Gasteiger partial charge in [-0.15, -0.1) is 0 Å². The van der Waals surface area contributed by atoms with Crippen LogP contribution in [0, 0.1) is 12.8 Å². The smallest absolute Gasteiger partial charge is 0.0730 e. The summed E-state index contributed by atoms with van der Waals surface area (Å²) in [5.41, 5.74) is 7.63. The summed E-state index contributed by atoms with van der Waals surface area (Å²) in [6.07, 6.45) is 4.44. The molecule has 1 fully saturated rings. The fraction of sp³-hybridized carbons (Fsp3) is 0.667. The van der Waals surface area contributed by atoms with Crippen LogP contribution in [0.3, 0.4) is 0 Å². The molecule has 12 heavy (non-hydrogen) atoms. The highest BCUT2D eigenvalue weighted by Gasteiger charge is 2.30. The van der Waals surface area contributed by atoms with Crippen molar-refractivity contribution in [3.05, 3.63) is 11.9 Å². The van der Waals surface area contributed by atoms with Crippen molar-refractivity contribution in [1.82, 2.24) is 9.78 Å². The predicted octanol–water partition coefficient (Wildman–Crippen LogP) is 1.74. The summed E-state index contributed by atoms with van der Waals surface area (Å²) in [5.74, 6) is 0.836. The molecule has 2 rings (SSSR count). The molecule has 0 saturated heterocycles. The minimum absolute atomic E-state index is 0.530. The lowest BCUT2D eigenvalue weighted by Crippen LogP contribution is -2.10. The lowest BCUT2D eigenvalue weighted by Gasteiger charge is -2.12. The SMILES string of the molecule is Cc1c(N)cnn1C(C)C1CC1. The average molecular weight is 165 g/mol. The molecule has 1 aliphatic carbocycles. The van der Waals surface area contributed by atoms with Crippen molar-refractivity contribution in [3.63, 3.8) is 0 Å². The third-order valence-electron chi connectivity index (χ3n) is 2.77. The van der Waals surface area contributed by atoms with Crippen LogP contribution in [0.4, 0.5) is 5.69 Å². The first-order valence-corrected chi connectivity index (χ1v) is 4.49. The molecule has 0 bridgehead atoms. The maximum Gasteiger partial charge on any atom is 0.0730 e. The van der Waals surface area contributed by atoms with E-state index in [1.54, 1.807) is 6.20 Å². The first kappa shape index (κ1) is 7.65. The van der Waals surface area contributed by atoms with Crippen LogP contribution in [0.15, 0.2) is 6.20 Å². The summed E-state index contributed by atoms with van der Waals surface area (Å²) in [5, 5.41) is 4.27. The van der Waals surface area contributed by atoms with E-state index in [-0.39, 0.29) is 0 Å². The summed E-state index contributed by atoms with van der Waals surface area (Å²) < 4.78 is 2.05. The van der Waals surface area contributed by atoms with Gasteiger partial charge in [0.05, 0.1) is 23.6 Å². The highest BCUT2D eigenvalue weighted by atomic mass is 15.3. The van der Waals surface area contributed by atoms with Gasteiger partial charge in [-0.05, 0) is 32.6 Å². The fourth-order valence-electron chi connectivity index (χ4n) is 1.63. The number of aromatic nitrogens is 2. The van der Waals surface area contributed by atoms with Crippen LogP contribution in [-0.4, -0.2) is 9.78 Å². The molecule has 3 heteroatoms. The highest BCUT2D eigenvalue weighted by molar-refractivity contribution is 5.39. The van der Waals surface area contributed by atoms with E-state index in [1.165, 1.54) is 12.8 Å². The Labute approximate surface area is 72.6 Å². The summed E-state index contributed by atoms with van der Waals surface area (Å²) in [7, 11) is 0. The quantitative estimate of drug-likeness (QED) is 0.725. The van der Waals surface area contributed by atoms with Crippen molar-refractivity contribution in [2.45, 2.75) is 32.7 Å². The van der Waals surface area contributed by atoms with Crippen LogP contribution in [0.2, 0.25) is 0 Å². The van der Waals surface area contributed by atoms with Gasteiger partial charge in [0.25, 0.3) is 0 Å². The second kappa shape index (κ2) is 2.51. The molecule has 1 atom stereocenters. The molecule has 0 spiro atoms. The van der Waals surface area contributed by atoms with Crippen LogP contribution in [-0.2, 0) is 0 Å². The van der Waals surface area contributed by atoms with Crippen molar-refractivity contribution in [2.24, 2.45) is 5.92 Å². The minimum Gasteiger partial charge on any atom is -0.396 e. The van der Waals surface area contributed by atoms with E-state index < -0.39 is 0 Å². The largest absolute Gasteiger partial charge is 0.396 e. The number of nitrogens with zero attached hydrogens (tertiary/aromatic N) is 2. The van der Waals surface area contributed by atoms with Gasteiger partial charge in [0.2, 0.25) is 0 Å². The van der Waals surface area contributed by atoms with Gasteiger partial charge in [0.1, 0.15) is 0 Å². The molecule has 0 aromatic carbocycles. The molecule has 1 aromatic heterocycles. The number of nitrogen functional groups attached to an aromatic ring is 1. The number of anilines is 1. The van der Waals surface area contributed by atoms with E-state index in [0.717, 1.165) is 17.3 Å². The topological polar surface area (TPSA) is 43.8 Å². The van der Waals surface area contributed by atoms with Crippen LogP contribution >= 0.6 is 0 Å². The highest BCUT2D eigenvalue weighted by Crippen LogP contribution is 2.39. The third kappa shape index (κ3) is 1.09. The molecule has 0 radical (unpaired) electrons. The molecular formula is C9H15N3. The summed E-state index contributed by atoms with van der Waals surface area (Å²) in [6, 6.07) is 0.530. The molecule has 0 amide bonds. The molecule has 1 heterocycles. The van der Waals surface area contributed by atoms with Crippen molar-refractivity contribution in [1.29, 1.82) is 0 Å². The molecule has 2 N–H and O–H groups in total. The van der Waals surface area contributed by atoms with Gasteiger partial charge in [-0.1, -0.05) is 0 Å². The van der Waals surface area contributed by atoms with E-state index >= 15 is 0 Å². The van der Waals surface area contributed by atoms with Crippen molar-refractivity contribution in [3.8, 4) is 0 Å². The summed E-state index contributed by atoms with van der Waals surface area (Å²) in [4.78, 5) is 0. The van der Waals surface area contributed by atoms with Crippen LogP contribution in [0.5, 0.6) is 0 Å². The first-order chi connectivity index (χ1) is 5.70. The van der Waals surface area contributed by atoms with Crippen molar-refractivity contribution in [2.75, 3.05) is 5.73 Å². The lowest BCUT2D eigenvalue weighted by atomic mass is 10.2. The Morgan fingerprint density at radius 2 is 2.33 bits per heavy atom. The van der Waals surface area contributed by atoms with E-state index in [2.05, 4.69) is 12.0 Å². The van der Waals surface area contributed by atoms with Gasteiger partial charge >= 0.3 is 0 Å². The van der Waals surface area contributed by atoms with Crippen molar-refractivity contribution >= 4 is 5.69 Å². The lowest BCUT2D eigenvalue weighted by molar-refractivity contribution is 0.431. The van der Waals surface area contributed by atoms with Gasteiger partial charge in [-0.3, -0.25) is 4.68 Å². The standard InChI is InChI=1S/C9H15N3/c1-6(8-3-4-8)12-7(2)9(10)5-11-12/h5-6,8H,3-4,10H2,1-2H3. The average Bonchev–Trinajstić information content (AvgIpc) is 2.82. The van der Waals surface area contributed by atoms with Gasteiger partial charge < -0.3 is 5.73 Å². The van der Waals surface area contributed by atoms with Crippen LogP contribution in [0.1, 0.15) is 31.5 Å². The van der Waals surface area contributed by atoms with E-state index in [1.807, 2.05) is 11.6 Å². The van der Waals surface area contributed by atoms with E-state index in [4.69, 9.17) is 5.73 Å². The first-order valence-electron chi connectivity index (χ1n) is 4.49. The Morgan fingerprint density at radius 1 is 1.67 bits per heavy atom. The van der Waals surface area contributed by atoms with Crippen LogP contribution in [0.25, 0.3) is 0 Å². The number of nitrogens with two attached hydrogens (primary N) is 1. The monoisotopic (exact) mass is 165 g/mol. The fourth-order valence-corrected chi connectivity index (χ4v) is 1.63. The molecular weight excluding hydrogens is 150 g/mol. The maximum absolute atomic E-state index is 5.72. The summed E-state index contributed by atoms with van der Waals surface area (Å²) >= 11 is 0. The van der Waals surface area contributed by atoms with Crippen molar-refractivity contribution < 1.29 is 0 Å². The Kier molecular flexibility index (Phi) is 1.60. The molecule has 1 saturated carbocycles. The second-order valence-corrected chi connectivity index (χ2v) is 3.71. The summed E-state index contributed by atoms with van der Waals surface area (Å²) in [6.45, 7) is 4.25. The molecule has 1 aromatic rings. The maximum atomic E-state index is 5.72. The van der Waals surface area contributed by atoms with E-state index in [9.17, 15) is 0 Å². The Hall–Kier alpha value is -0.990. The molecule has 3 nitrogen and oxygen atoms in total. The van der Waals surface area contributed by atoms with Gasteiger partial charge in [-0.2, -0.15) is 5.10 Å². The zero-order chi connectivity index (χ0) is 8.72. The number of rotatable bonds is 2. The zero-order valence-electron chi connectivity index (χ0n) is 7.62. The Balaban J connectivity index is 2.25. The Morgan fingerprint density at radius 3 is 2.75 bits per heavy atom. The zero-order valence-corrected chi connectivity index (χ0v) is 7.62. The molecule has 1 unspecified atom stereocenters.